The van der Waals surface area contributed by atoms with Gasteiger partial charge in [0.05, 0.1) is 16.8 Å². The Bertz CT molecular complexity index is 976. The smallest absolute Gasteiger partial charge is 0.234 e. The van der Waals surface area contributed by atoms with E-state index < -0.39 is 0 Å². The number of imidazole rings is 1. The maximum atomic E-state index is 12.3. The summed E-state index contributed by atoms with van der Waals surface area (Å²) in [6.45, 7) is 4.73. The average molecular weight is 410 g/mol. The van der Waals surface area contributed by atoms with Crippen molar-refractivity contribution in [3.63, 3.8) is 0 Å². The highest BCUT2D eigenvalue weighted by atomic mass is 32.2. The summed E-state index contributed by atoms with van der Waals surface area (Å²) in [7, 11) is 0. The molecule has 0 atom stereocenters. The molecule has 2 amide bonds. The lowest BCUT2D eigenvalue weighted by molar-refractivity contribution is -0.129. The summed E-state index contributed by atoms with van der Waals surface area (Å²) in [6.07, 6.45) is 0. The summed E-state index contributed by atoms with van der Waals surface area (Å²) >= 11 is 1.38. The Morgan fingerprint density at radius 2 is 1.79 bits per heavy atom. The van der Waals surface area contributed by atoms with Gasteiger partial charge in [-0.1, -0.05) is 23.9 Å². The third-order valence-corrected chi connectivity index (χ3v) is 5.82. The van der Waals surface area contributed by atoms with Gasteiger partial charge in [0.25, 0.3) is 0 Å². The number of hydrogen-bond donors (Lipinski definition) is 2. The van der Waals surface area contributed by atoms with Crippen LogP contribution in [-0.4, -0.2) is 58.6 Å². The third-order valence-electron chi connectivity index (χ3n) is 4.95. The Labute approximate surface area is 173 Å². The molecule has 3 aromatic rings. The molecular weight excluding hydrogens is 386 g/mol. The van der Waals surface area contributed by atoms with Crippen molar-refractivity contribution >= 4 is 46.0 Å². The van der Waals surface area contributed by atoms with Gasteiger partial charge in [0, 0.05) is 44.5 Å². The van der Waals surface area contributed by atoms with E-state index in [2.05, 4.69) is 20.2 Å². The Morgan fingerprint density at radius 1 is 1.07 bits per heavy atom. The topological polar surface area (TPSA) is 81.3 Å². The first-order chi connectivity index (χ1) is 14.1. The molecule has 7 nitrogen and oxygen atoms in total. The average Bonchev–Trinajstić information content (AvgIpc) is 3.16. The number of H-pyrrole nitrogens is 1. The maximum Gasteiger partial charge on any atom is 0.234 e. The second-order valence-corrected chi connectivity index (χ2v) is 7.90. The summed E-state index contributed by atoms with van der Waals surface area (Å²) in [5.74, 6) is 0.343. The van der Waals surface area contributed by atoms with Crippen molar-refractivity contribution in [1.29, 1.82) is 0 Å². The van der Waals surface area contributed by atoms with Crippen molar-refractivity contribution in [1.82, 2.24) is 14.9 Å². The van der Waals surface area contributed by atoms with E-state index in [1.54, 1.807) is 6.92 Å². The maximum absolute atomic E-state index is 12.3. The van der Waals surface area contributed by atoms with Gasteiger partial charge in [0.1, 0.15) is 0 Å². The van der Waals surface area contributed by atoms with Crippen molar-refractivity contribution < 1.29 is 9.59 Å². The Kier molecular flexibility index (Phi) is 5.71. The van der Waals surface area contributed by atoms with Crippen LogP contribution in [0.1, 0.15) is 6.92 Å². The molecule has 1 saturated heterocycles. The molecule has 150 valence electrons. The number of nitrogens with one attached hydrogen (secondary N) is 2. The van der Waals surface area contributed by atoms with Crippen LogP contribution in [0, 0.1) is 0 Å². The van der Waals surface area contributed by atoms with Crippen molar-refractivity contribution in [3.05, 3.63) is 48.5 Å². The molecule has 0 bridgehead atoms. The lowest BCUT2D eigenvalue weighted by atomic mass is 10.2. The molecule has 1 aromatic heterocycles. The molecule has 0 saturated carbocycles. The van der Waals surface area contributed by atoms with Gasteiger partial charge in [-0.2, -0.15) is 0 Å². The van der Waals surface area contributed by atoms with Crippen molar-refractivity contribution in [2.75, 3.05) is 42.1 Å². The largest absolute Gasteiger partial charge is 0.368 e. The normalized spacial score (nSPS) is 14.2. The number of thioether (sulfide) groups is 1. The summed E-state index contributed by atoms with van der Waals surface area (Å²) in [6, 6.07) is 15.6. The van der Waals surface area contributed by atoms with Crippen LogP contribution in [0.3, 0.4) is 0 Å². The predicted molar refractivity (Wildman–Crippen MR) is 116 cm³/mol. The minimum absolute atomic E-state index is 0.0710. The Hall–Kier alpha value is -3.00. The lowest BCUT2D eigenvalue weighted by Crippen LogP contribution is -2.48. The number of fused-ring (bicyclic) bond motifs is 1. The number of anilines is 2. The highest BCUT2D eigenvalue weighted by Gasteiger charge is 2.18. The number of aromatic amines is 1. The summed E-state index contributed by atoms with van der Waals surface area (Å²) < 4.78 is 0. The summed E-state index contributed by atoms with van der Waals surface area (Å²) in [5.41, 5.74) is 3.74. The van der Waals surface area contributed by atoms with Crippen LogP contribution < -0.4 is 10.2 Å². The number of carbonyl (C=O) groups is 2. The van der Waals surface area contributed by atoms with Crippen molar-refractivity contribution in [3.8, 4) is 0 Å². The van der Waals surface area contributed by atoms with Crippen LogP contribution in [0.2, 0.25) is 0 Å². The number of amides is 2. The van der Waals surface area contributed by atoms with Gasteiger partial charge >= 0.3 is 0 Å². The number of nitrogens with zero attached hydrogens (tertiary/aromatic N) is 3. The van der Waals surface area contributed by atoms with Gasteiger partial charge in [-0.15, -0.1) is 0 Å². The van der Waals surface area contributed by atoms with Crippen LogP contribution in [-0.2, 0) is 9.59 Å². The van der Waals surface area contributed by atoms with E-state index in [9.17, 15) is 9.59 Å². The minimum Gasteiger partial charge on any atom is -0.368 e. The van der Waals surface area contributed by atoms with Crippen molar-refractivity contribution in [2.45, 2.75) is 12.1 Å². The third kappa shape index (κ3) is 4.71. The van der Waals surface area contributed by atoms with Crippen LogP contribution in [0.5, 0.6) is 0 Å². The van der Waals surface area contributed by atoms with Gasteiger partial charge in [-0.25, -0.2) is 4.98 Å². The zero-order chi connectivity index (χ0) is 20.2. The highest BCUT2D eigenvalue weighted by molar-refractivity contribution is 7.99. The second-order valence-electron chi connectivity index (χ2n) is 6.94. The Balaban J connectivity index is 1.28. The monoisotopic (exact) mass is 409 g/mol. The molecule has 1 fully saturated rings. The second kappa shape index (κ2) is 8.57. The number of para-hydroxylation sites is 2. The first kappa shape index (κ1) is 19.3. The molecule has 2 N–H and O–H groups in total. The van der Waals surface area contributed by atoms with Crippen LogP contribution >= 0.6 is 11.8 Å². The molecule has 29 heavy (non-hydrogen) atoms. The molecule has 1 aliphatic rings. The summed E-state index contributed by atoms with van der Waals surface area (Å²) in [4.78, 5) is 35.5. The van der Waals surface area contributed by atoms with E-state index in [0.717, 1.165) is 53.7 Å². The van der Waals surface area contributed by atoms with Gasteiger partial charge in [0.2, 0.25) is 11.8 Å². The molecule has 2 heterocycles. The molecule has 8 heteroatoms. The van der Waals surface area contributed by atoms with Gasteiger partial charge < -0.3 is 20.1 Å². The fraction of sp³-hybridized carbons (Fsp3) is 0.286. The van der Waals surface area contributed by atoms with Crippen LogP contribution in [0.4, 0.5) is 11.4 Å². The first-order valence-electron chi connectivity index (χ1n) is 9.56. The number of carbonyl (C=O) groups excluding carboxylic acids is 2. The van der Waals surface area contributed by atoms with Crippen LogP contribution in [0.25, 0.3) is 11.0 Å². The standard InChI is InChI=1S/C21H23N5O2S/c1-15(27)25-10-12-26(13-11-25)17-8-6-16(7-9-17)22-20(28)14-29-21-23-18-4-2-3-5-19(18)24-21/h2-9H,10-14H2,1H3,(H,22,28)(H,23,24). The fourth-order valence-corrected chi connectivity index (χ4v) is 4.05. The van der Waals surface area contributed by atoms with E-state index >= 15 is 0 Å². The quantitative estimate of drug-likeness (QED) is 0.633. The highest BCUT2D eigenvalue weighted by Crippen LogP contribution is 2.21. The molecule has 1 aliphatic heterocycles. The number of piperazine rings is 1. The molecular formula is C21H23N5O2S. The minimum atomic E-state index is -0.0710. The van der Waals surface area contributed by atoms with Gasteiger partial charge in [-0.05, 0) is 36.4 Å². The molecule has 4 rings (SSSR count). The number of benzene rings is 2. The lowest BCUT2D eigenvalue weighted by Gasteiger charge is -2.35. The van der Waals surface area contributed by atoms with Crippen LogP contribution in [0.15, 0.2) is 53.7 Å². The van der Waals surface area contributed by atoms with E-state index in [-0.39, 0.29) is 17.6 Å². The zero-order valence-corrected chi connectivity index (χ0v) is 17.0. The molecule has 0 unspecified atom stereocenters. The van der Waals surface area contributed by atoms with E-state index in [4.69, 9.17) is 0 Å². The SMILES string of the molecule is CC(=O)N1CCN(c2ccc(NC(=O)CSc3nc4ccccc4[nH]3)cc2)CC1. The summed E-state index contributed by atoms with van der Waals surface area (Å²) in [5, 5.41) is 3.66. The number of rotatable bonds is 5. The zero-order valence-electron chi connectivity index (χ0n) is 16.2. The van der Waals surface area contributed by atoms with E-state index in [1.165, 1.54) is 11.8 Å². The predicted octanol–water partition coefficient (Wildman–Crippen LogP) is 2.96. The molecule has 0 radical (unpaired) electrons. The molecule has 0 aliphatic carbocycles. The number of aromatic nitrogens is 2. The van der Waals surface area contributed by atoms with E-state index in [0.29, 0.717) is 0 Å². The van der Waals surface area contributed by atoms with Crippen molar-refractivity contribution in [2.24, 2.45) is 0 Å². The van der Waals surface area contributed by atoms with Gasteiger partial charge in [0.15, 0.2) is 5.16 Å². The molecule has 2 aromatic carbocycles. The van der Waals surface area contributed by atoms with E-state index in [1.807, 2.05) is 53.4 Å². The fourth-order valence-electron chi connectivity index (χ4n) is 3.36. The molecule has 0 spiro atoms. The Morgan fingerprint density at radius 3 is 2.48 bits per heavy atom. The van der Waals surface area contributed by atoms with Gasteiger partial charge in [-0.3, -0.25) is 9.59 Å². The number of hydrogen-bond acceptors (Lipinski definition) is 5. The first-order valence-corrected chi connectivity index (χ1v) is 10.5.